The number of methoxy groups -OCH3 is 1. The largest absolute Gasteiger partial charge is 0.490 e. The molecule has 0 saturated carbocycles. The third-order valence-corrected chi connectivity index (χ3v) is 3.76. The van der Waals surface area contributed by atoms with Crippen LogP contribution in [0.4, 0.5) is 5.69 Å². The fraction of sp³-hybridized carbons (Fsp3) is 0.538. The number of nitro benzene ring substituents is 1. The molecule has 0 unspecified atom stereocenters. The van der Waals surface area contributed by atoms with Gasteiger partial charge in [0.2, 0.25) is 0 Å². The lowest BCUT2D eigenvalue weighted by molar-refractivity contribution is -0.385. The van der Waals surface area contributed by atoms with Gasteiger partial charge in [-0.3, -0.25) is 15.0 Å². The Kier molecular flexibility index (Phi) is 3.02. The maximum atomic E-state index is 11.0. The number of rotatable bonds is 2. The number of nitrogens with zero attached hydrogens (tertiary/aromatic N) is 2. The molecule has 0 amide bonds. The third kappa shape index (κ3) is 2.06. The zero-order chi connectivity index (χ0) is 13.5. The lowest BCUT2D eigenvalue weighted by Crippen LogP contribution is -2.45. The zero-order valence-electron chi connectivity index (χ0n) is 11.2. The van der Waals surface area contributed by atoms with Crippen molar-refractivity contribution >= 4 is 5.69 Å². The van der Waals surface area contributed by atoms with Crippen molar-refractivity contribution in [1.29, 1.82) is 0 Å². The van der Waals surface area contributed by atoms with E-state index in [9.17, 15) is 10.1 Å². The molecule has 5 nitrogen and oxygen atoms in total. The molecule has 98 valence electrons. The molecule has 1 aliphatic heterocycles. The SMILES string of the molecule is COc1cc2c(cc1[N+](=O)[O-])CN(C)C(C)(C)C2. The molecule has 0 N–H and O–H groups in total. The molecular weight excluding hydrogens is 232 g/mol. The van der Waals surface area contributed by atoms with Crippen LogP contribution in [0.5, 0.6) is 5.75 Å². The highest BCUT2D eigenvalue weighted by Crippen LogP contribution is 2.36. The van der Waals surface area contributed by atoms with Crippen molar-refractivity contribution in [2.75, 3.05) is 14.2 Å². The fourth-order valence-electron chi connectivity index (χ4n) is 2.34. The van der Waals surface area contributed by atoms with Crippen molar-refractivity contribution in [3.63, 3.8) is 0 Å². The molecule has 1 aromatic rings. The van der Waals surface area contributed by atoms with E-state index in [-0.39, 0.29) is 11.2 Å². The van der Waals surface area contributed by atoms with Gasteiger partial charge in [0.25, 0.3) is 0 Å². The van der Waals surface area contributed by atoms with Gasteiger partial charge in [0, 0.05) is 18.2 Å². The third-order valence-electron chi connectivity index (χ3n) is 3.76. The van der Waals surface area contributed by atoms with Gasteiger partial charge in [-0.15, -0.1) is 0 Å². The normalized spacial score (nSPS) is 18.2. The molecule has 0 fully saturated rings. The maximum Gasteiger partial charge on any atom is 0.311 e. The summed E-state index contributed by atoms with van der Waals surface area (Å²) in [6.07, 6.45) is 0.868. The van der Waals surface area contributed by atoms with E-state index in [1.807, 2.05) is 13.1 Å². The van der Waals surface area contributed by atoms with Crippen LogP contribution in [0.15, 0.2) is 12.1 Å². The smallest absolute Gasteiger partial charge is 0.311 e. The van der Waals surface area contributed by atoms with Crippen LogP contribution in [0.1, 0.15) is 25.0 Å². The summed E-state index contributed by atoms with van der Waals surface area (Å²) in [6.45, 7) is 5.07. The van der Waals surface area contributed by atoms with Gasteiger partial charge in [-0.05, 0) is 44.5 Å². The number of nitro groups is 1. The minimum Gasteiger partial charge on any atom is -0.490 e. The van der Waals surface area contributed by atoms with E-state index in [0.717, 1.165) is 24.1 Å². The monoisotopic (exact) mass is 250 g/mol. The first-order valence-electron chi connectivity index (χ1n) is 5.90. The summed E-state index contributed by atoms with van der Waals surface area (Å²) in [4.78, 5) is 12.8. The first kappa shape index (κ1) is 12.8. The summed E-state index contributed by atoms with van der Waals surface area (Å²) in [5, 5.41) is 11.0. The van der Waals surface area contributed by atoms with Crippen molar-refractivity contribution < 1.29 is 9.66 Å². The first-order valence-corrected chi connectivity index (χ1v) is 5.90. The van der Waals surface area contributed by atoms with E-state index in [4.69, 9.17) is 4.74 Å². The summed E-state index contributed by atoms with van der Waals surface area (Å²) < 4.78 is 5.11. The molecule has 5 heteroatoms. The molecule has 0 saturated heterocycles. The molecule has 0 aliphatic carbocycles. The number of fused-ring (bicyclic) bond motifs is 1. The molecule has 0 radical (unpaired) electrons. The predicted molar refractivity (Wildman–Crippen MR) is 68.9 cm³/mol. The number of hydrogen-bond donors (Lipinski definition) is 0. The van der Waals surface area contributed by atoms with Crippen LogP contribution in [0, 0.1) is 10.1 Å². The van der Waals surface area contributed by atoms with Gasteiger partial charge in [-0.2, -0.15) is 0 Å². The molecule has 2 rings (SSSR count). The summed E-state index contributed by atoms with van der Waals surface area (Å²) >= 11 is 0. The van der Waals surface area contributed by atoms with E-state index < -0.39 is 4.92 Å². The topological polar surface area (TPSA) is 55.6 Å². The molecule has 1 aliphatic rings. The molecule has 1 heterocycles. The Balaban J connectivity index is 2.51. The average Bonchev–Trinajstić information content (AvgIpc) is 2.28. The lowest BCUT2D eigenvalue weighted by Gasteiger charge is -2.40. The summed E-state index contributed by atoms with van der Waals surface area (Å²) in [7, 11) is 3.51. The van der Waals surface area contributed by atoms with Crippen LogP contribution < -0.4 is 4.74 Å². The van der Waals surface area contributed by atoms with Crippen LogP contribution in [0.3, 0.4) is 0 Å². The van der Waals surface area contributed by atoms with Crippen LogP contribution in [0.25, 0.3) is 0 Å². The highest BCUT2D eigenvalue weighted by Gasteiger charge is 2.32. The van der Waals surface area contributed by atoms with Gasteiger partial charge in [0.05, 0.1) is 12.0 Å². The quantitative estimate of drug-likeness (QED) is 0.597. The molecule has 1 aromatic carbocycles. The van der Waals surface area contributed by atoms with Gasteiger partial charge in [0.15, 0.2) is 5.75 Å². The van der Waals surface area contributed by atoms with Gasteiger partial charge >= 0.3 is 5.69 Å². The fourth-order valence-corrected chi connectivity index (χ4v) is 2.34. The minimum absolute atomic E-state index is 0.0457. The Labute approximate surface area is 107 Å². The van der Waals surface area contributed by atoms with Crippen LogP contribution in [0.2, 0.25) is 0 Å². The second kappa shape index (κ2) is 4.24. The Hall–Kier alpha value is -1.62. The Morgan fingerprint density at radius 2 is 2.06 bits per heavy atom. The van der Waals surface area contributed by atoms with E-state index in [1.54, 1.807) is 6.07 Å². The number of hydrogen-bond acceptors (Lipinski definition) is 4. The van der Waals surface area contributed by atoms with Crippen LogP contribution in [-0.2, 0) is 13.0 Å². The van der Waals surface area contributed by atoms with E-state index in [2.05, 4.69) is 18.7 Å². The van der Waals surface area contributed by atoms with Gasteiger partial charge in [0.1, 0.15) is 0 Å². The van der Waals surface area contributed by atoms with Gasteiger partial charge < -0.3 is 4.74 Å². The molecule has 0 atom stereocenters. The first-order chi connectivity index (χ1) is 8.35. The zero-order valence-corrected chi connectivity index (χ0v) is 11.2. The highest BCUT2D eigenvalue weighted by atomic mass is 16.6. The van der Waals surface area contributed by atoms with Crippen LogP contribution in [-0.4, -0.2) is 29.5 Å². The molecule has 0 bridgehead atoms. The molecule has 0 spiro atoms. The number of benzene rings is 1. The standard InChI is InChI=1S/C13H18N2O3/c1-13(2)7-9-6-12(18-4)11(15(16)17)5-10(9)8-14(13)3/h5-6H,7-8H2,1-4H3. The lowest BCUT2D eigenvalue weighted by atomic mass is 9.85. The second-order valence-electron chi connectivity index (χ2n) is 5.40. The molecule has 18 heavy (non-hydrogen) atoms. The number of ether oxygens (including phenoxy) is 1. The van der Waals surface area contributed by atoms with E-state index >= 15 is 0 Å². The van der Waals surface area contributed by atoms with E-state index in [0.29, 0.717) is 5.75 Å². The summed E-state index contributed by atoms with van der Waals surface area (Å²) in [6, 6.07) is 3.45. The van der Waals surface area contributed by atoms with Crippen molar-refractivity contribution in [3.05, 3.63) is 33.4 Å². The Bertz CT molecular complexity index is 497. The van der Waals surface area contributed by atoms with Crippen molar-refractivity contribution in [3.8, 4) is 5.75 Å². The Morgan fingerprint density at radius 3 is 2.61 bits per heavy atom. The molecular formula is C13H18N2O3. The van der Waals surface area contributed by atoms with Crippen molar-refractivity contribution in [1.82, 2.24) is 4.90 Å². The van der Waals surface area contributed by atoms with Gasteiger partial charge in [-0.25, -0.2) is 0 Å². The van der Waals surface area contributed by atoms with Crippen molar-refractivity contribution in [2.24, 2.45) is 0 Å². The maximum absolute atomic E-state index is 11.0. The Morgan fingerprint density at radius 1 is 1.39 bits per heavy atom. The van der Waals surface area contributed by atoms with E-state index in [1.165, 1.54) is 7.11 Å². The summed E-state index contributed by atoms with van der Waals surface area (Å²) in [5.74, 6) is 0.346. The van der Waals surface area contributed by atoms with Crippen LogP contribution >= 0.6 is 0 Å². The second-order valence-corrected chi connectivity index (χ2v) is 5.40. The predicted octanol–water partition coefficient (Wildman–Crippen LogP) is 2.37. The average molecular weight is 250 g/mol. The summed E-state index contributed by atoms with van der Waals surface area (Å²) in [5.41, 5.74) is 2.27. The van der Waals surface area contributed by atoms with Gasteiger partial charge in [-0.1, -0.05) is 0 Å². The highest BCUT2D eigenvalue weighted by molar-refractivity contribution is 5.53. The van der Waals surface area contributed by atoms with Crippen molar-refractivity contribution in [2.45, 2.75) is 32.4 Å². The minimum atomic E-state index is -0.390. The number of likely N-dealkylation sites (N-methyl/N-ethyl adjacent to an activating group) is 1. The molecule has 0 aromatic heterocycles.